The van der Waals surface area contributed by atoms with Gasteiger partial charge in [0.25, 0.3) is 0 Å². The molecule has 9 heteroatoms. The van der Waals surface area contributed by atoms with Crippen LogP contribution in [0.5, 0.6) is 0 Å². The third-order valence-electron chi connectivity index (χ3n) is 11.5. The van der Waals surface area contributed by atoms with Crippen molar-refractivity contribution in [2.45, 2.75) is 51.7 Å². The van der Waals surface area contributed by atoms with Gasteiger partial charge in [-0.25, -0.2) is 19.0 Å². The minimum Gasteiger partial charge on any atom is -0.399 e. The molecule has 0 bridgehead atoms. The van der Waals surface area contributed by atoms with Crippen LogP contribution in [0, 0.1) is 0 Å². The van der Waals surface area contributed by atoms with Crippen molar-refractivity contribution < 1.29 is 9.31 Å². The minimum absolute atomic E-state index is 0.530. The van der Waals surface area contributed by atoms with Gasteiger partial charge in [0.2, 0.25) is 0 Å². The Bertz CT molecular complexity index is 2840. The lowest BCUT2D eigenvalue weighted by Crippen LogP contribution is -2.41. The monoisotopic (exact) mass is 744 g/mol. The van der Waals surface area contributed by atoms with Crippen molar-refractivity contribution in [2.75, 3.05) is 0 Å². The van der Waals surface area contributed by atoms with E-state index in [4.69, 9.17) is 29.5 Å². The van der Waals surface area contributed by atoms with Gasteiger partial charge < -0.3 is 9.31 Å². The maximum absolute atomic E-state index is 6.62. The molecule has 4 aromatic carbocycles. The average Bonchev–Trinajstić information content (AvgIpc) is 3.94. The smallest absolute Gasteiger partial charge is 0.399 e. The molecule has 278 valence electrons. The summed E-state index contributed by atoms with van der Waals surface area (Å²) in [5, 5.41) is 10.3. The van der Waals surface area contributed by atoms with Gasteiger partial charge in [-0.15, -0.1) is 10.2 Å². The van der Waals surface area contributed by atoms with Gasteiger partial charge in [0.15, 0.2) is 22.9 Å². The fourth-order valence-electron chi connectivity index (χ4n) is 7.68. The van der Waals surface area contributed by atoms with Crippen LogP contribution in [0.3, 0.4) is 0 Å². The first-order valence-corrected chi connectivity index (χ1v) is 19.5. The molecule has 1 fully saturated rings. The van der Waals surface area contributed by atoms with Crippen molar-refractivity contribution >= 4 is 29.4 Å². The van der Waals surface area contributed by atoms with Gasteiger partial charge in [-0.3, -0.25) is 0 Å². The second-order valence-corrected chi connectivity index (χ2v) is 15.9. The normalized spacial score (nSPS) is 16.1. The zero-order chi connectivity index (χ0) is 38.7. The molecule has 57 heavy (non-hydrogen) atoms. The van der Waals surface area contributed by atoms with E-state index >= 15 is 0 Å². The lowest BCUT2D eigenvalue weighted by Gasteiger charge is -2.32. The van der Waals surface area contributed by atoms with E-state index in [1.807, 2.05) is 27.2 Å². The highest BCUT2D eigenvalue weighted by Crippen LogP contribution is 2.38. The third-order valence-corrected chi connectivity index (χ3v) is 11.5. The van der Waals surface area contributed by atoms with E-state index in [1.54, 1.807) is 0 Å². The molecular weight excluding hydrogens is 703 g/mol. The number of fused-ring (bicyclic) bond motifs is 2. The predicted molar refractivity (Wildman–Crippen MR) is 229 cm³/mol. The Morgan fingerprint density at radius 1 is 0.526 bits per heavy atom. The molecule has 0 amide bonds. The average molecular weight is 745 g/mol. The summed E-state index contributed by atoms with van der Waals surface area (Å²) in [5.41, 5.74) is 11.5. The molecule has 0 spiro atoms. The lowest BCUT2D eigenvalue weighted by atomic mass is 9.77. The second-order valence-electron chi connectivity index (χ2n) is 15.9. The third kappa shape index (κ3) is 6.39. The summed E-state index contributed by atoms with van der Waals surface area (Å²) in [6.07, 6.45) is 12.9. The number of pyridine rings is 2. The summed E-state index contributed by atoms with van der Waals surface area (Å²) in [6.45, 7) is 8.28. The van der Waals surface area contributed by atoms with Crippen LogP contribution in [-0.4, -0.2) is 47.5 Å². The molecule has 8 nitrogen and oxygen atoms in total. The summed E-state index contributed by atoms with van der Waals surface area (Å²) in [6, 6.07) is 41.8. The number of benzene rings is 4. The molecule has 1 saturated heterocycles. The molecule has 1 aliphatic heterocycles. The van der Waals surface area contributed by atoms with Crippen molar-refractivity contribution in [2.24, 2.45) is 0 Å². The Morgan fingerprint density at radius 2 is 1.02 bits per heavy atom. The van der Waals surface area contributed by atoms with Gasteiger partial charge in [-0.2, -0.15) is 0 Å². The maximum Gasteiger partial charge on any atom is 0.494 e. The quantitative estimate of drug-likeness (QED) is 0.151. The molecule has 10 rings (SSSR count). The number of aromatic nitrogens is 6. The van der Waals surface area contributed by atoms with Crippen molar-refractivity contribution in [1.29, 1.82) is 0 Å². The molecule has 5 heterocycles. The van der Waals surface area contributed by atoms with E-state index in [0.717, 1.165) is 79.7 Å². The van der Waals surface area contributed by atoms with E-state index in [2.05, 4.69) is 161 Å². The van der Waals surface area contributed by atoms with E-state index in [1.165, 1.54) is 5.57 Å². The van der Waals surface area contributed by atoms with Gasteiger partial charge in [0.05, 0.1) is 11.2 Å². The van der Waals surface area contributed by atoms with E-state index in [-0.39, 0.29) is 0 Å². The second kappa shape index (κ2) is 13.7. The highest BCUT2D eigenvalue weighted by atomic mass is 16.7. The Hall–Kier alpha value is -6.42. The van der Waals surface area contributed by atoms with E-state index < -0.39 is 18.3 Å². The molecule has 4 aromatic heterocycles. The molecular formula is C48H41BN6O2. The first-order chi connectivity index (χ1) is 27.7. The van der Waals surface area contributed by atoms with Gasteiger partial charge in [0.1, 0.15) is 0 Å². The highest BCUT2D eigenvalue weighted by Gasteiger charge is 2.52. The van der Waals surface area contributed by atoms with Crippen LogP contribution in [0.1, 0.15) is 46.1 Å². The first kappa shape index (κ1) is 35.0. The Kier molecular flexibility index (Phi) is 8.39. The van der Waals surface area contributed by atoms with Crippen LogP contribution in [0.25, 0.3) is 73.0 Å². The molecule has 0 unspecified atom stereocenters. The zero-order valence-electron chi connectivity index (χ0n) is 32.4. The van der Waals surface area contributed by atoms with Gasteiger partial charge in [-0.05, 0) is 86.5 Å². The molecule has 2 aliphatic rings. The summed E-state index contributed by atoms with van der Waals surface area (Å²) < 4.78 is 17.1. The fraction of sp³-hybridized carbons (Fsp3) is 0.167. The Morgan fingerprint density at radius 3 is 1.53 bits per heavy atom. The number of hydrogen-bond donors (Lipinski definition) is 0. The maximum atomic E-state index is 6.62. The minimum atomic E-state index is -0.621. The Labute approximate surface area is 332 Å². The molecule has 0 atom stereocenters. The number of hydrogen-bond acceptors (Lipinski definition) is 6. The van der Waals surface area contributed by atoms with Crippen molar-refractivity contribution in [3.8, 4) is 56.2 Å². The van der Waals surface area contributed by atoms with Gasteiger partial charge in [-0.1, -0.05) is 121 Å². The van der Waals surface area contributed by atoms with Crippen molar-refractivity contribution in [3.05, 3.63) is 158 Å². The lowest BCUT2D eigenvalue weighted by molar-refractivity contribution is 0.00578. The van der Waals surface area contributed by atoms with E-state index in [9.17, 15) is 0 Å². The zero-order valence-corrected chi connectivity index (χ0v) is 32.4. The van der Waals surface area contributed by atoms with Crippen LogP contribution in [0.15, 0.2) is 152 Å². The van der Waals surface area contributed by atoms with E-state index in [0.29, 0.717) is 11.6 Å². The van der Waals surface area contributed by atoms with Crippen molar-refractivity contribution in [1.82, 2.24) is 29.2 Å². The van der Waals surface area contributed by atoms with Gasteiger partial charge in [0, 0.05) is 45.8 Å². The van der Waals surface area contributed by atoms with Crippen LogP contribution < -0.4 is 5.46 Å². The largest absolute Gasteiger partial charge is 0.494 e. The highest BCUT2D eigenvalue weighted by molar-refractivity contribution is 6.62. The SMILES string of the molecule is CC1(C)OB(c2cc(-c3nc4c(-c5ccccc5)cc(C5=CCCC=C5)cn4n3)cc(-c3nc4c(-c5ccccc5)cc(-c5ccccc5)cn4n3)c2)OC1(C)C. The van der Waals surface area contributed by atoms with Crippen LogP contribution in [-0.2, 0) is 9.31 Å². The summed E-state index contributed by atoms with van der Waals surface area (Å²) >= 11 is 0. The van der Waals surface area contributed by atoms with Crippen LogP contribution >= 0.6 is 0 Å². The molecule has 1 aliphatic carbocycles. The number of allylic oxidation sites excluding steroid dienone is 4. The van der Waals surface area contributed by atoms with Crippen LogP contribution in [0.2, 0.25) is 0 Å². The first-order valence-electron chi connectivity index (χ1n) is 19.5. The van der Waals surface area contributed by atoms with Gasteiger partial charge >= 0.3 is 7.12 Å². The fourth-order valence-corrected chi connectivity index (χ4v) is 7.68. The predicted octanol–water partition coefficient (Wildman–Crippen LogP) is 10.1. The Balaban J connectivity index is 1.16. The molecule has 0 radical (unpaired) electrons. The summed E-state index contributed by atoms with van der Waals surface area (Å²) in [7, 11) is -0.621. The molecule has 8 aromatic rings. The standard InChI is InChI=1S/C48H41BN6O2/c1-47(2)48(3,4)57-49(56-47)40-26-36(43-50-45-41(34-21-13-7-14-22-34)28-38(30-54(45)52-43)32-17-9-5-10-18-32)25-37(27-40)44-51-46-42(35-23-15-8-16-24-35)29-39(31-55(46)53-44)33-19-11-6-12-20-33/h5,7-11,13-31H,6,12H2,1-4H3. The topological polar surface area (TPSA) is 78.8 Å². The van der Waals surface area contributed by atoms with Crippen LogP contribution in [0.4, 0.5) is 0 Å². The molecule has 0 N–H and O–H groups in total. The van der Waals surface area contributed by atoms with Crippen molar-refractivity contribution in [3.63, 3.8) is 0 Å². The molecule has 0 saturated carbocycles. The summed E-state index contributed by atoms with van der Waals surface area (Å²) in [5.74, 6) is 1.15. The number of rotatable bonds is 7. The number of nitrogens with zero attached hydrogens (tertiary/aromatic N) is 6. The summed E-state index contributed by atoms with van der Waals surface area (Å²) in [4.78, 5) is 10.5.